The standard InChI is InChI=1S/C18H23FN4O2/c1-23(11-16(24)21-15-7-5-6-14(19)10-15)12-17(25)22-18(13-20)8-3-2-4-9-18/h5-7,10H,2-4,8-9,11-12H2,1H3,(H,21,24)(H,22,25). The highest BCUT2D eigenvalue weighted by Gasteiger charge is 2.33. The van der Waals surface area contributed by atoms with Gasteiger partial charge in [0.1, 0.15) is 11.4 Å². The predicted molar refractivity (Wildman–Crippen MR) is 92.1 cm³/mol. The second-order valence-electron chi connectivity index (χ2n) is 6.53. The van der Waals surface area contributed by atoms with Crippen LogP contribution in [-0.2, 0) is 9.59 Å². The van der Waals surface area contributed by atoms with Crippen LogP contribution in [0.25, 0.3) is 0 Å². The number of hydrogen-bond donors (Lipinski definition) is 2. The van der Waals surface area contributed by atoms with Gasteiger partial charge >= 0.3 is 0 Å². The average Bonchev–Trinajstić information content (AvgIpc) is 2.55. The number of amides is 2. The van der Waals surface area contributed by atoms with Gasteiger partial charge in [0.25, 0.3) is 0 Å². The van der Waals surface area contributed by atoms with Crippen molar-refractivity contribution in [3.8, 4) is 6.07 Å². The number of rotatable bonds is 6. The predicted octanol–water partition coefficient (Wildman–Crippen LogP) is 2.04. The van der Waals surface area contributed by atoms with Crippen molar-refractivity contribution in [3.63, 3.8) is 0 Å². The molecule has 1 fully saturated rings. The highest BCUT2D eigenvalue weighted by atomic mass is 19.1. The molecule has 1 saturated carbocycles. The van der Waals surface area contributed by atoms with Gasteiger partial charge in [0.2, 0.25) is 11.8 Å². The fourth-order valence-electron chi connectivity index (χ4n) is 3.04. The summed E-state index contributed by atoms with van der Waals surface area (Å²) in [6.45, 7) is 0.00346. The van der Waals surface area contributed by atoms with E-state index in [0.717, 1.165) is 19.3 Å². The van der Waals surface area contributed by atoms with Gasteiger partial charge in [-0.25, -0.2) is 4.39 Å². The van der Waals surface area contributed by atoms with E-state index in [2.05, 4.69) is 16.7 Å². The summed E-state index contributed by atoms with van der Waals surface area (Å²) in [5.41, 5.74) is -0.409. The molecule has 6 nitrogen and oxygen atoms in total. The van der Waals surface area contributed by atoms with Crippen molar-refractivity contribution in [3.05, 3.63) is 30.1 Å². The number of benzene rings is 1. The Hall–Kier alpha value is -2.46. The van der Waals surface area contributed by atoms with E-state index in [1.54, 1.807) is 18.0 Å². The third-order valence-electron chi connectivity index (χ3n) is 4.24. The largest absolute Gasteiger partial charge is 0.337 e. The number of carbonyl (C=O) groups excluding carboxylic acids is 2. The Balaban J connectivity index is 1.80. The van der Waals surface area contributed by atoms with Crippen LogP contribution < -0.4 is 10.6 Å². The number of anilines is 1. The molecule has 1 aromatic rings. The van der Waals surface area contributed by atoms with E-state index in [1.807, 2.05) is 0 Å². The highest BCUT2D eigenvalue weighted by Crippen LogP contribution is 2.27. The minimum absolute atomic E-state index is 0.0104. The molecule has 0 radical (unpaired) electrons. The molecule has 1 aromatic carbocycles. The van der Waals surface area contributed by atoms with Gasteiger partial charge in [-0.05, 0) is 38.1 Å². The van der Waals surface area contributed by atoms with Gasteiger partial charge in [-0.1, -0.05) is 25.3 Å². The van der Waals surface area contributed by atoms with E-state index in [1.165, 1.54) is 18.2 Å². The molecule has 0 aromatic heterocycles. The van der Waals surface area contributed by atoms with E-state index < -0.39 is 11.4 Å². The molecule has 25 heavy (non-hydrogen) atoms. The lowest BCUT2D eigenvalue weighted by Crippen LogP contribution is -2.51. The first-order chi connectivity index (χ1) is 11.9. The van der Waals surface area contributed by atoms with Gasteiger partial charge in [-0.2, -0.15) is 5.26 Å². The molecule has 1 aliphatic rings. The van der Waals surface area contributed by atoms with Crippen LogP contribution in [0, 0.1) is 17.1 Å². The van der Waals surface area contributed by atoms with Gasteiger partial charge in [-0.15, -0.1) is 0 Å². The normalized spacial score (nSPS) is 16.1. The van der Waals surface area contributed by atoms with E-state index in [9.17, 15) is 19.2 Å². The summed E-state index contributed by atoms with van der Waals surface area (Å²) < 4.78 is 13.1. The van der Waals surface area contributed by atoms with Crippen molar-refractivity contribution in [1.82, 2.24) is 10.2 Å². The first-order valence-corrected chi connectivity index (χ1v) is 8.39. The van der Waals surface area contributed by atoms with Crippen molar-refractivity contribution in [2.24, 2.45) is 0 Å². The minimum atomic E-state index is -0.778. The monoisotopic (exact) mass is 346 g/mol. The Morgan fingerprint density at radius 2 is 1.92 bits per heavy atom. The molecule has 1 aliphatic carbocycles. The summed E-state index contributed by atoms with van der Waals surface area (Å²) in [5, 5.41) is 14.8. The Morgan fingerprint density at radius 3 is 2.56 bits per heavy atom. The van der Waals surface area contributed by atoms with Crippen molar-refractivity contribution in [2.75, 3.05) is 25.5 Å². The molecule has 0 heterocycles. The zero-order valence-electron chi connectivity index (χ0n) is 14.3. The molecule has 2 amide bonds. The van der Waals surface area contributed by atoms with Crippen LogP contribution in [-0.4, -0.2) is 42.4 Å². The van der Waals surface area contributed by atoms with Gasteiger partial charge in [0.05, 0.1) is 19.2 Å². The van der Waals surface area contributed by atoms with Gasteiger partial charge < -0.3 is 10.6 Å². The summed E-state index contributed by atoms with van der Waals surface area (Å²) >= 11 is 0. The van der Waals surface area contributed by atoms with Crippen LogP contribution in [0.2, 0.25) is 0 Å². The summed E-state index contributed by atoms with van der Waals surface area (Å²) in [6, 6.07) is 7.85. The third-order valence-corrected chi connectivity index (χ3v) is 4.24. The number of nitrogens with zero attached hydrogens (tertiary/aromatic N) is 2. The Bertz CT molecular complexity index is 665. The minimum Gasteiger partial charge on any atom is -0.337 e. The van der Waals surface area contributed by atoms with Gasteiger partial charge in [-0.3, -0.25) is 14.5 Å². The summed E-state index contributed by atoms with van der Waals surface area (Å²) in [4.78, 5) is 25.7. The molecule has 2 N–H and O–H groups in total. The van der Waals surface area contributed by atoms with E-state index in [0.29, 0.717) is 18.5 Å². The van der Waals surface area contributed by atoms with E-state index >= 15 is 0 Å². The maximum Gasteiger partial charge on any atom is 0.238 e. The first-order valence-electron chi connectivity index (χ1n) is 8.39. The molecule has 0 aliphatic heterocycles. The maximum atomic E-state index is 13.1. The van der Waals surface area contributed by atoms with Crippen LogP contribution >= 0.6 is 0 Å². The number of halogens is 1. The molecular weight excluding hydrogens is 323 g/mol. The van der Waals surface area contributed by atoms with E-state index in [4.69, 9.17) is 0 Å². The number of hydrogen-bond acceptors (Lipinski definition) is 4. The Labute approximate surface area is 147 Å². The van der Waals surface area contributed by atoms with Gasteiger partial charge in [0.15, 0.2) is 0 Å². The number of likely N-dealkylation sites (N-methyl/N-ethyl adjacent to an activating group) is 1. The zero-order chi connectivity index (χ0) is 18.3. The van der Waals surface area contributed by atoms with Crippen LogP contribution in [0.15, 0.2) is 24.3 Å². The number of nitrogens with one attached hydrogen (secondary N) is 2. The quantitative estimate of drug-likeness (QED) is 0.825. The highest BCUT2D eigenvalue weighted by molar-refractivity contribution is 5.92. The second-order valence-corrected chi connectivity index (χ2v) is 6.53. The SMILES string of the molecule is CN(CC(=O)Nc1cccc(F)c1)CC(=O)NC1(C#N)CCCCC1. The molecule has 7 heteroatoms. The Morgan fingerprint density at radius 1 is 1.24 bits per heavy atom. The molecule has 0 atom stereocenters. The third kappa shape index (κ3) is 5.84. The summed E-state index contributed by atoms with van der Waals surface area (Å²) in [6.07, 6.45) is 4.27. The fourth-order valence-corrected chi connectivity index (χ4v) is 3.04. The zero-order valence-corrected chi connectivity index (χ0v) is 14.3. The molecule has 0 bridgehead atoms. The molecule has 134 valence electrons. The molecule has 0 saturated heterocycles. The Kier molecular flexibility index (Phi) is 6.48. The van der Waals surface area contributed by atoms with E-state index in [-0.39, 0.29) is 24.9 Å². The van der Waals surface area contributed by atoms with Crippen molar-refractivity contribution < 1.29 is 14.0 Å². The van der Waals surface area contributed by atoms with Crippen molar-refractivity contribution >= 4 is 17.5 Å². The molecule has 0 spiro atoms. The lowest BCUT2D eigenvalue weighted by Gasteiger charge is -2.32. The van der Waals surface area contributed by atoms with Crippen LogP contribution in [0.4, 0.5) is 10.1 Å². The summed E-state index contributed by atoms with van der Waals surface area (Å²) in [5.74, 6) is -1.04. The molecule has 0 unspecified atom stereocenters. The molecular formula is C18H23FN4O2. The van der Waals surface area contributed by atoms with Crippen molar-refractivity contribution in [2.45, 2.75) is 37.6 Å². The summed E-state index contributed by atoms with van der Waals surface area (Å²) in [7, 11) is 1.64. The topological polar surface area (TPSA) is 85.2 Å². The van der Waals surface area contributed by atoms with Crippen LogP contribution in [0.5, 0.6) is 0 Å². The smallest absolute Gasteiger partial charge is 0.238 e. The molecule has 2 rings (SSSR count). The maximum absolute atomic E-state index is 13.1. The van der Waals surface area contributed by atoms with Crippen LogP contribution in [0.3, 0.4) is 0 Å². The first kappa shape index (κ1) is 18.9. The van der Waals surface area contributed by atoms with Gasteiger partial charge in [0, 0.05) is 5.69 Å². The fraction of sp³-hybridized carbons (Fsp3) is 0.500. The average molecular weight is 346 g/mol. The van der Waals surface area contributed by atoms with Crippen LogP contribution in [0.1, 0.15) is 32.1 Å². The number of nitriles is 1. The lowest BCUT2D eigenvalue weighted by molar-refractivity contribution is -0.124. The number of carbonyl (C=O) groups is 2. The van der Waals surface area contributed by atoms with Crippen molar-refractivity contribution in [1.29, 1.82) is 5.26 Å². The second kappa shape index (κ2) is 8.58. The lowest BCUT2D eigenvalue weighted by atomic mass is 9.83.